The van der Waals surface area contributed by atoms with E-state index >= 15 is 0 Å². The second-order valence-corrected chi connectivity index (χ2v) is 4.38. The molecule has 0 amide bonds. The van der Waals surface area contributed by atoms with Crippen molar-refractivity contribution in [3.8, 4) is 0 Å². The zero-order chi connectivity index (χ0) is 14.0. The van der Waals surface area contributed by atoms with Crippen molar-refractivity contribution in [1.82, 2.24) is 9.97 Å². The molecule has 0 fully saturated rings. The molecular weight excluding hydrogens is 251 g/mol. The van der Waals surface area contributed by atoms with Crippen molar-refractivity contribution in [3.05, 3.63) is 39.7 Å². The predicted molar refractivity (Wildman–Crippen MR) is 67.6 cm³/mol. The van der Waals surface area contributed by atoms with Crippen LogP contribution in [-0.2, 0) is 11.2 Å². The van der Waals surface area contributed by atoms with E-state index in [9.17, 15) is 14.0 Å². The largest absolute Gasteiger partial charge is 0.481 e. The van der Waals surface area contributed by atoms with Gasteiger partial charge in [0.15, 0.2) is 0 Å². The summed E-state index contributed by atoms with van der Waals surface area (Å²) in [6.07, 6.45) is 0.780. The van der Waals surface area contributed by atoms with Crippen LogP contribution in [0.3, 0.4) is 0 Å². The van der Waals surface area contributed by atoms with Crippen LogP contribution in [0.15, 0.2) is 16.9 Å². The lowest BCUT2D eigenvalue weighted by molar-refractivity contribution is -0.137. The Bertz CT molecular complexity index is 694. The minimum absolute atomic E-state index is 0.0180. The average Bonchev–Trinajstić information content (AvgIpc) is 2.30. The molecule has 0 aliphatic rings. The molecule has 5 nitrogen and oxygen atoms in total. The normalized spacial score (nSPS) is 10.8. The van der Waals surface area contributed by atoms with Crippen LogP contribution in [-0.4, -0.2) is 21.0 Å². The highest BCUT2D eigenvalue weighted by Crippen LogP contribution is 2.15. The maximum atomic E-state index is 13.2. The van der Waals surface area contributed by atoms with Gasteiger partial charge in [-0.2, -0.15) is 0 Å². The van der Waals surface area contributed by atoms with Crippen LogP contribution in [0.25, 0.3) is 10.9 Å². The summed E-state index contributed by atoms with van der Waals surface area (Å²) in [6.45, 7) is 1.68. The van der Waals surface area contributed by atoms with Crippen LogP contribution in [0.2, 0.25) is 0 Å². The maximum Gasteiger partial charge on any atom is 0.303 e. The van der Waals surface area contributed by atoms with Gasteiger partial charge >= 0.3 is 5.97 Å². The number of carboxylic acid groups (broad SMARTS) is 1. The number of aryl methyl sites for hydroxylation is 2. The molecule has 0 radical (unpaired) electrons. The van der Waals surface area contributed by atoms with Crippen molar-refractivity contribution in [3.63, 3.8) is 0 Å². The number of nitrogens with zero attached hydrogens (tertiary/aromatic N) is 1. The van der Waals surface area contributed by atoms with Crippen molar-refractivity contribution in [2.24, 2.45) is 0 Å². The van der Waals surface area contributed by atoms with Gasteiger partial charge in [0.25, 0.3) is 5.56 Å². The number of rotatable bonds is 4. The molecule has 0 atom stereocenters. The van der Waals surface area contributed by atoms with E-state index in [0.717, 1.165) is 6.07 Å². The molecule has 100 valence electrons. The second kappa shape index (κ2) is 5.17. The van der Waals surface area contributed by atoms with E-state index < -0.39 is 17.3 Å². The smallest absolute Gasteiger partial charge is 0.303 e. The number of fused-ring (bicyclic) bond motifs is 1. The number of hydrogen-bond donors (Lipinski definition) is 2. The summed E-state index contributed by atoms with van der Waals surface area (Å²) < 4.78 is 13.2. The van der Waals surface area contributed by atoms with Crippen LogP contribution < -0.4 is 5.56 Å². The van der Waals surface area contributed by atoms with Gasteiger partial charge in [0, 0.05) is 12.8 Å². The Morgan fingerprint density at radius 2 is 2.21 bits per heavy atom. The van der Waals surface area contributed by atoms with Gasteiger partial charge in [-0.05, 0) is 31.0 Å². The van der Waals surface area contributed by atoms with E-state index in [1.807, 2.05) is 0 Å². The first-order valence-electron chi connectivity index (χ1n) is 5.88. The second-order valence-electron chi connectivity index (χ2n) is 4.38. The molecule has 1 heterocycles. The van der Waals surface area contributed by atoms with Gasteiger partial charge in [-0.25, -0.2) is 9.37 Å². The molecule has 1 aromatic carbocycles. The Labute approximate surface area is 108 Å². The number of halogens is 1. The lowest BCUT2D eigenvalue weighted by Crippen LogP contribution is -2.13. The molecule has 2 rings (SSSR count). The van der Waals surface area contributed by atoms with Crippen molar-refractivity contribution in [2.75, 3.05) is 0 Å². The van der Waals surface area contributed by atoms with E-state index in [2.05, 4.69) is 9.97 Å². The Morgan fingerprint density at radius 1 is 1.47 bits per heavy atom. The first-order valence-corrected chi connectivity index (χ1v) is 5.88. The predicted octanol–water partition coefficient (Wildman–Crippen LogP) is 1.78. The number of benzene rings is 1. The Balaban J connectivity index is 2.38. The molecule has 2 aromatic rings. The zero-order valence-electron chi connectivity index (χ0n) is 10.4. The van der Waals surface area contributed by atoms with Gasteiger partial charge < -0.3 is 10.1 Å². The van der Waals surface area contributed by atoms with E-state index in [1.54, 1.807) is 6.92 Å². The zero-order valence-corrected chi connectivity index (χ0v) is 10.4. The molecule has 0 bridgehead atoms. The van der Waals surface area contributed by atoms with Crippen LogP contribution in [0.5, 0.6) is 0 Å². The molecular formula is C13H13FN2O3. The van der Waals surface area contributed by atoms with Gasteiger partial charge in [0.05, 0.1) is 10.9 Å². The fraction of sp³-hybridized carbons (Fsp3) is 0.308. The summed E-state index contributed by atoms with van der Waals surface area (Å²) in [4.78, 5) is 29.1. The fourth-order valence-electron chi connectivity index (χ4n) is 1.94. The monoisotopic (exact) mass is 264 g/mol. The molecule has 6 heteroatoms. The average molecular weight is 264 g/mol. The number of hydrogen-bond acceptors (Lipinski definition) is 3. The third-order valence-electron chi connectivity index (χ3n) is 2.82. The summed E-state index contributed by atoms with van der Waals surface area (Å²) >= 11 is 0. The van der Waals surface area contributed by atoms with Crippen LogP contribution in [0, 0.1) is 12.7 Å². The van der Waals surface area contributed by atoms with Crippen molar-refractivity contribution >= 4 is 16.9 Å². The van der Waals surface area contributed by atoms with Crippen LogP contribution in [0.1, 0.15) is 24.2 Å². The lowest BCUT2D eigenvalue weighted by atomic mass is 10.1. The van der Waals surface area contributed by atoms with E-state index in [0.29, 0.717) is 29.7 Å². The van der Waals surface area contributed by atoms with Gasteiger partial charge in [0.2, 0.25) is 0 Å². The Hall–Kier alpha value is -2.24. The summed E-state index contributed by atoms with van der Waals surface area (Å²) in [5, 5.41) is 8.77. The molecule has 0 saturated carbocycles. The van der Waals surface area contributed by atoms with Crippen molar-refractivity contribution < 1.29 is 14.3 Å². The summed E-state index contributed by atoms with van der Waals surface area (Å²) in [5.41, 5.74) is 0.633. The van der Waals surface area contributed by atoms with Gasteiger partial charge in [0.1, 0.15) is 11.6 Å². The molecule has 0 saturated heterocycles. The molecule has 2 N–H and O–H groups in total. The van der Waals surface area contributed by atoms with Gasteiger partial charge in [-0.15, -0.1) is 0 Å². The third kappa shape index (κ3) is 2.96. The highest BCUT2D eigenvalue weighted by Gasteiger charge is 2.08. The highest BCUT2D eigenvalue weighted by molar-refractivity contribution is 5.80. The number of carbonyl (C=O) groups is 1. The molecule has 0 spiro atoms. The number of aromatic amines is 1. The van der Waals surface area contributed by atoms with E-state index in [-0.39, 0.29) is 11.8 Å². The van der Waals surface area contributed by atoms with Crippen molar-refractivity contribution in [1.29, 1.82) is 0 Å². The topological polar surface area (TPSA) is 83.0 Å². The fourth-order valence-corrected chi connectivity index (χ4v) is 1.94. The summed E-state index contributed by atoms with van der Waals surface area (Å²) in [6, 6.07) is 2.46. The van der Waals surface area contributed by atoms with E-state index in [4.69, 9.17) is 5.11 Å². The maximum absolute atomic E-state index is 13.2. The van der Waals surface area contributed by atoms with Gasteiger partial charge in [-0.1, -0.05) is 0 Å². The molecule has 0 unspecified atom stereocenters. The van der Waals surface area contributed by atoms with Crippen molar-refractivity contribution in [2.45, 2.75) is 26.2 Å². The minimum Gasteiger partial charge on any atom is -0.481 e. The standard InChI is InChI=1S/C13H13FN2O3/c1-7-5-8(14)6-9-12(7)15-10(16-13(9)19)3-2-4-11(17)18/h5-6H,2-4H2,1H3,(H,17,18)(H,15,16,19). The highest BCUT2D eigenvalue weighted by atomic mass is 19.1. The van der Waals surface area contributed by atoms with E-state index in [1.165, 1.54) is 6.07 Å². The minimum atomic E-state index is -0.888. The lowest BCUT2D eigenvalue weighted by Gasteiger charge is -2.05. The number of H-pyrrole nitrogens is 1. The number of nitrogens with one attached hydrogen (secondary N) is 1. The molecule has 1 aromatic heterocycles. The molecule has 19 heavy (non-hydrogen) atoms. The summed E-state index contributed by atoms with van der Waals surface area (Å²) in [5.74, 6) is -0.939. The van der Waals surface area contributed by atoms with Gasteiger partial charge in [-0.3, -0.25) is 9.59 Å². The Morgan fingerprint density at radius 3 is 2.89 bits per heavy atom. The SMILES string of the molecule is Cc1cc(F)cc2c(=O)[nH]c(CCCC(=O)O)nc12. The van der Waals surface area contributed by atoms with Crippen LogP contribution >= 0.6 is 0 Å². The molecule has 0 aliphatic carbocycles. The summed E-state index contributed by atoms with van der Waals surface area (Å²) in [7, 11) is 0. The first kappa shape index (κ1) is 13.2. The van der Waals surface area contributed by atoms with Crippen LogP contribution in [0.4, 0.5) is 4.39 Å². The first-order chi connectivity index (χ1) is 8.97. The molecule has 0 aliphatic heterocycles. The number of aliphatic carboxylic acids is 1. The third-order valence-corrected chi connectivity index (χ3v) is 2.82. The quantitative estimate of drug-likeness (QED) is 0.881. The number of aromatic nitrogens is 2. The number of carboxylic acids is 1. The Kier molecular flexibility index (Phi) is 3.59.